The maximum Gasteiger partial charge on any atom is 0.119 e. The minimum Gasteiger partial charge on any atom is -0.0623 e. The standard InChI is InChI=1S/C60H48Si/c1-59(2)52-21-11-8-16-42(52)48-34-39(25-29-53(48)59)58-46-19-6-5-18-45(46)57(40-26-30-56-49(35-40)44-17-9-12-22-55(44)61(56)31-13-14-32-61)47-28-24-37(33-50(47)58)38-23-27-43-41-15-7-10-20-51(41)60(3,4)54(43)36-38/h5-12,15-30,33-36H,13-14,31-32H2,1-4H3. The van der Waals surface area contributed by atoms with E-state index >= 15 is 0 Å². The molecule has 1 fully saturated rings. The molecule has 0 atom stereocenters. The van der Waals surface area contributed by atoms with E-state index in [0.29, 0.717) is 0 Å². The Labute approximate surface area is 360 Å². The molecule has 0 unspecified atom stereocenters. The molecule has 1 saturated heterocycles. The summed E-state index contributed by atoms with van der Waals surface area (Å²) in [6.07, 6.45) is 2.72. The maximum atomic E-state index is 2.58. The van der Waals surface area contributed by atoms with E-state index in [1.807, 2.05) is 0 Å². The summed E-state index contributed by atoms with van der Waals surface area (Å²) >= 11 is 0. The molecule has 0 bridgehead atoms. The van der Waals surface area contributed by atoms with Crippen LogP contribution in [0.4, 0.5) is 0 Å². The first-order valence-corrected chi connectivity index (χ1v) is 24.9. The first-order valence-electron chi connectivity index (χ1n) is 22.5. The summed E-state index contributed by atoms with van der Waals surface area (Å²) in [5.41, 5.74) is 21.8. The molecule has 0 amide bonds. The summed E-state index contributed by atoms with van der Waals surface area (Å²) in [5.74, 6) is 0. The van der Waals surface area contributed by atoms with E-state index in [9.17, 15) is 0 Å². The summed E-state index contributed by atoms with van der Waals surface area (Å²) < 4.78 is 0. The molecule has 1 heteroatoms. The topological polar surface area (TPSA) is 0 Å². The highest BCUT2D eigenvalue weighted by atomic mass is 28.3. The Kier molecular flexibility index (Phi) is 7.21. The molecule has 61 heavy (non-hydrogen) atoms. The highest BCUT2D eigenvalue weighted by molar-refractivity contribution is 7.06. The van der Waals surface area contributed by atoms with Gasteiger partial charge in [-0.15, -0.1) is 0 Å². The van der Waals surface area contributed by atoms with Crippen LogP contribution >= 0.6 is 0 Å². The van der Waals surface area contributed by atoms with Gasteiger partial charge in [0.25, 0.3) is 0 Å². The van der Waals surface area contributed by atoms with Gasteiger partial charge in [-0.25, -0.2) is 0 Å². The lowest BCUT2D eigenvalue weighted by Crippen LogP contribution is -2.52. The predicted molar refractivity (Wildman–Crippen MR) is 262 cm³/mol. The minimum absolute atomic E-state index is 0.0429. The summed E-state index contributed by atoms with van der Waals surface area (Å²) in [6, 6.07) is 69.0. The number of fused-ring (bicyclic) bond motifs is 13. The zero-order chi connectivity index (χ0) is 40.8. The van der Waals surface area contributed by atoms with Crippen LogP contribution in [0.25, 0.3) is 88.3 Å². The van der Waals surface area contributed by atoms with Crippen LogP contribution in [0.2, 0.25) is 12.1 Å². The van der Waals surface area contributed by atoms with E-state index in [1.165, 1.54) is 135 Å². The number of hydrogen-bond donors (Lipinski definition) is 0. The Morgan fingerprint density at radius 3 is 1.54 bits per heavy atom. The predicted octanol–water partition coefficient (Wildman–Crippen LogP) is 14.9. The molecule has 0 N–H and O–H groups in total. The van der Waals surface area contributed by atoms with Gasteiger partial charge in [0, 0.05) is 10.8 Å². The lowest BCUT2D eigenvalue weighted by Gasteiger charge is -2.24. The molecule has 9 aromatic rings. The second-order valence-electron chi connectivity index (χ2n) is 19.5. The molecule has 13 rings (SSSR count). The van der Waals surface area contributed by atoms with Gasteiger partial charge in [-0.05, 0) is 157 Å². The summed E-state index contributed by atoms with van der Waals surface area (Å²) in [4.78, 5) is 0. The molecular weight excluding hydrogens is 749 g/mol. The van der Waals surface area contributed by atoms with Gasteiger partial charge in [-0.3, -0.25) is 0 Å². The van der Waals surface area contributed by atoms with Crippen molar-refractivity contribution in [3.63, 3.8) is 0 Å². The molecule has 2 aliphatic heterocycles. The van der Waals surface area contributed by atoms with E-state index < -0.39 is 8.07 Å². The molecule has 0 aromatic heterocycles. The van der Waals surface area contributed by atoms with Crippen LogP contribution in [0, 0.1) is 0 Å². The van der Waals surface area contributed by atoms with E-state index in [1.54, 1.807) is 10.4 Å². The molecule has 2 heterocycles. The van der Waals surface area contributed by atoms with Crippen molar-refractivity contribution in [1.82, 2.24) is 0 Å². The summed E-state index contributed by atoms with van der Waals surface area (Å²) in [5, 5.41) is 8.59. The van der Waals surface area contributed by atoms with Gasteiger partial charge in [0.2, 0.25) is 0 Å². The first kappa shape index (κ1) is 35.5. The summed E-state index contributed by atoms with van der Waals surface area (Å²) in [6.45, 7) is 9.53. The molecule has 292 valence electrons. The molecule has 0 radical (unpaired) electrons. The number of rotatable bonds is 3. The van der Waals surface area contributed by atoms with E-state index in [-0.39, 0.29) is 10.8 Å². The van der Waals surface area contributed by atoms with Gasteiger partial charge in [-0.1, -0.05) is 186 Å². The molecule has 2 aliphatic carbocycles. The third kappa shape index (κ3) is 4.71. The van der Waals surface area contributed by atoms with Crippen molar-refractivity contribution in [2.45, 2.75) is 63.5 Å². The fraction of sp³-hybridized carbons (Fsp3) is 0.167. The Balaban J connectivity index is 1.08. The van der Waals surface area contributed by atoms with Crippen LogP contribution in [0.3, 0.4) is 0 Å². The van der Waals surface area contributed by atoms with Crippen molar-refractivity contribution < 1.29 is 0 Å². The second kappa shape index (κ2) is 12.4. The Bertz CT molecular complexity index is 3370. The maximum absolute atomic E-state index is 2.58. The molecule has 4 aliphatic rings. The van der Waals surface area contributed by atoms with Gasteiger partial charge in [0.05, 0.1) is 0 Å². The monoisotopic (exact) mass is 796 g/mol. The van der Waals surface area contributed by atoms with Crippen LogP contribution in [-0.2, 0) is 10.8 Å². The Morgan fingerprint density at radius 1 is 0.328 bits per heavy atom. The van der Waals surface area contributed by atoms with Crippen LogP contribution in [0.1, 0.15) is 62.8 Å². The van der Waals surface area contributed by atoms with Crippen molar-refractivity contribution in [2.24, 2.45) is 0 Å². The molecule has 0 nitrogen and oxygen atoms in total. The van der Waals surface area contributed by atoms with Gasteiger partial charge in [0.1, 0.15) is 8.07 Å². The van der Waals surface area contributed by atoms with Crippen molar-refractivity contribution in [2.75, 3.05) is 0 Å². The molecule has 1 spiro atoms. The smallest absolute Gasteiger partial charge is 0.0623 e. The molecule has 0 saturated carbocycles. The highest BCUT2D eigenvalue weighted by Gasteiger charge is 2.47. The van der Waals surface area contributed by atoms with Crippen molar-refractivity contribution in [1.29, 1.82) is 0 Å². The van der Waals surface area contributed by atoms with Crippen molar-refractivity contribution in [3.05, 3.63) is 192 Å². The van der Waals surface area contributed by atoms with Crippen LogP contribution in [-0.4, -0.2) is 8.07 Å². The normalized spacial score (nSPS) is 16.7. The SMILES string of the molecule is CC1(C)c2ccccc2-c2cc(-c3c4ccccc4c(-c4ccc5c(c4)-c4ccccc4[Si]54CCCC4)c4ccc(-c5ccc6c(c5)C(C)(C)c5ccccc5-6)cc34)ccc21. The van der Waals surface area contributed by atoms with Crippen molar-refractivity contribution >= 4 is 40.0 Å². The lowest BCUT2D eigenvalue weighted by atomic mass is 9.80. The van der Waals surface area contributed by atoms with Crippen LogP contribution in [0.15, 0.2) is 170 Å². The van der Waals surface area contributed by atoms with Gasteiger partial charge < -0.3 is 0 Å². The van der Waals surface area contributed by atoms with E-state index in [2.05, 4.69) is 198 Å². The third-order valence-electron chi connectivity index (χ3n) is 15.8. The van der Waals surface area contributed by atoms with Crippen LogP contribution in [0.5, 0.6) is 0 Å². The van der Waals surface area contributed by atoms with E-state index in [4.69, 9.17) is 0 Å². The quantitative estimate of drug-likeness (QED) is 0.123. The van der Waals surface area contributed by atoms with Crippen LogP contribution < -0.4 is 10.4 Å². The van der Waals surface area contributed by atoms with Crippen molar-refractivity contribution in [3.8, 4) is 66.8 Å². The fourth-order valence-electron chi connectivity index (χ4n) is 12.9. The fourth-order valence-corrected chi connectivity index (χ4v) is 18.5. The second-order valence-corrected chi connectivity index (χ2v) is 23.8. The highest BCUT2D eigenvalue weighted by Crippen LogP contribution is 2.53. The average Bonchev–Trinajstić information content (AvgIpc) is 4.02. The van der Waals surface area contributed by atoms with E-state index in [0.717, 1.165) is 0 Å². The largest absolute Gasteiger partial charge is 0.119 e. The number of benzene rings is 9. The van der Waals surface area contributed by atoms with Gasteiger partial charge in [0.15, 0.2) is 0 Å². The zero-order valence-corrected chi connectivity index (χ0v) is 36.5. The molecule has 9 aromatic carbocycles. The van der Waals surface area contributed by atoms with Gasteiger partial charge >= 0.3 is 0 Å². The third-order valence-corrected chi connectivity index (χ3v) is 21.2. The first-order chi connectivity index (χ1) is 29.7. The lowest BCUT2D eigenvalue weighted by molar-refractivity contribution is 0.660. The number of hydrogen-bond acceptors (Lipinski definition) is 0. The van der Waals surface area contributed by atoms with Gasteiger partial charge in [-0.2, -0.15) is 0 Å². The Hall–Kier alpha value is -6.28. The Morgan fingerprint density at radius 2 is 0.803 bits per heavy atom. The summed E-state index contributed by atoms with van der Waals surface area (Å²) in [7, 11) is -1.72. The minimum atomic E-state index is -1.72. The molecular formula is C60H48Si. The average molecular weight is 797 g/mol. The zero-order valence-electron chi connectivity index (χ0n) is 35.5.